The van der Waals surface area contributed by atoms with Crippen LogP contribution >= 0.6 is 15.9 Å². The van der Waals surface area contributed by atoms with Gasteiger partial charge in [-0.3, -0.25) is 4.79 Å². The zero-order chi connectivity index (χ0) is 14.8. The predicted molar refractivity (Wildman–Crippen MR) is 82.4 cm³/mol. The van der Waals surface area contributed by atoms with E-state index in [0.717, 1.165) is 47.6 Å². The highest BCUT2D eigenvalue weighted by atomic mass is 79.9. The Morgan fingerprint density at radius 2 is 2.29 bits per heavy atom. The zero-order valence-corrected chi connectivity index (χ0v) is 13.6. The molecule has 5 nitrogen and oxygen atoms in total. The van der Waals surface area contributed by atoms with Crippen LogP contribution in [0.3, 0.4) is 0 Å². The second-order valence-corrected chi connectivity index (χ2v) is 6.39. The molecule has 2 aliphatic heterocycles. The first kappa shape index (κ1) is 14.7. The lowest BCUT2D eigenvalue weighted by atomic mass is 10.2. The van der Waals surface area contributed by atoms with Crippen molar-refractivity contribution in [2.75, 3.05) is 19.9 Å². The lowest BCUT2D eigenvalue weighted by Gasteiger charge is -2.21. The summed E-state index contributed by atoms with van der Waals surface area (Å²) in [6.45, 7) is 4.77. The average Bonchev–Trinajstić information content (AvgIpc) is 3.06. The number of carbonyl (C=O) groups excluding carboxylic acids is 1. The van der Waals surface area contributed by atoms with Crippen LogP contribution in [0.1, 0.15) is 25.3 Å². The van der Waals surface area contributed by atoms with Crippen molar-refractivity contribution in [3.63, 3.8) is 0 Å². The first-order valence-corrected chi connectivity index (χ1v) is 8.02. The molecule has 1 N–H and O–H groups in total. The monoisotopic (exact) mass is 354 g/mol. The maximum atomic E-state index is 11.6. The Bertz CT molecular complexity index is 550. The van der Waals surface area contributed by atoms with Gasteiger partial charge in [0.05, 0.1) is 4.47 Å². The van der Waals surface area contributed by atoms with Crippen LogP contribution < -0.4 is 14.8 Å². The largest absolute Gasteiger partial charge is 0.454 e. The third kappa shape index (κ3) is 3.32. The lowest BCUT2D eigenvalue weighted by Crippen LogP contribution is -2.39. The highest BCUT2D eigenvalue weighted by Crippen LogP contribution is 2.39. The van der Waals surface area contributed by atoms with Crippen LogP contribution in [-0.4, -0.2) is 36.7 Å². The molecule has 0 aliphatic carbocycles. The fraction of sp³-hybridized carbons (Fsp3) is 0.533. The number of hydrogen-bond donors (Lipinski definition) is 1. The Morgan fingerprint density at radius 1 is 1.43 bits per heavy atom. The molecule has 0 bridgehead atoms. The van der Waals surface area contributed by atoms with Crippen LogP contribution in [0, 0.1) is 0 Å². The Kier molecular flexibility index (Phi) is 4.35. The molecule has 0 aromatic heterocycles. The molecule has 2 heterocycles. The van der Waals surface area contributed by atoms with E-state index in [-0.39, 0.29) is 18.7 Å². The Labute approximate surface area is 132 Å². The first-order chi connectivity index (χ1) is 10.1. The molecule has 1 saturated heterocycles. The fourth-order valence-corrected chi connectivity index (χ4v) is 3.31. The lowest BCUT2D eigenvalue weighted by molar-refractivity contribution is -0.127. The summed E-state index contributed by atoms with van der Waals surface area (Å²) in [6, 6.07) is 4.29. The van der Waals surface area contributed by atoms with Crippen molar-refractivity contribution in [3.8, 4) is 11.5 Å². The molecule has 0 spiro atoms. The van der Waals surface area contributed by atoms with Crippen molar-refractivity contribution in [2.45, 2.75) is 32.4 Å². The molecular formula is C15H19BrN2O3. The number of fused-ring (bicyclic) bond motifs is 1. The van der Waals surface area contributed by atoms with E-state index < -0.39 is 0 Å². The molecule has 0 radical (unpaired) electrons. The van der Waals surface area contributed by atoms with Gasteiger partial charge in [0.15, 0.2) is 11.5 Å². The number of likely N-dealkylation sites (tertiary alicyclic amines) is 1. The van der Waals surface area contributed by atoms with Crippen molar-refractivity contribution >= 4 is 21.8 Å². The molecule has 3 rings (SSSR count). The van der Waals surface area contributed by atoms with Crippen molar-refractivity contribution in [2.24, 2.45) is 0 Å². The molecular weight excluding hydrogens is 336 g/mol. The van der Waals surface area contributed by atoms with E-state index in [2.05, 4.69) is 28.2 Å². The Balaban J connectivity index is 1.55. The first-order valence-electron chi connectivity index (χ1n) is 7.22. The van der Waals surface area contributed by atoms with Gasteiger partial charge in [-0.05, 0) is 47.0 Å². The van der Waals surface area contributed by atoms with E-state index in [9.17, 15) is 4.79 Å². The molecule has 114 valence electrons. The van der Waals surface area contributed by atoms with Gasteiger partial charge in [0, 0.05) is 32.1 Å². The van der Waals surface area contributed by atoms with Crippen molar-refractivity contribution in [3.05, 3.63) is 22.2 Å². The fourth-order valence-electron chi connectivity index (χ4n) is 2.71. The molecule has 1 atom stereocenters. The standard InChI is InChI=1S/C15H19BrN2O3/c1-10(8-18-4-2-3-14(18)19)17-7-11-5-12(16)15-13(6-11)20-9-21-15/h5-6,10,17H,2-4,7-9H2,1H3. The number of hydrogen-bond acceptors (Lipinski definition) is 4. The molecule has 6 heteroatoms. The molecule has 1 aromatic rings. The smallest absolute Gasteiger partial charge is 0.231 e. The second kappa shape index (κ2) is 6.23. The summed E-state index contributed by atoms with van der Waals surface area (Å²) >= 11 is 3.50. The maximum absolute atomic E-state index is 11.6. The van der Waals surface area contributed by atoms with Crippen LogP contribution in [0.5, 0.6) is 11.5 Å². The quantitative estimate of drug-likeness (QED) is 0.881. The molecule has 1 aromatic carbocycles. The van der Waals surface area contributed by atoms with E-state index in [0.29, 0.717) is 6.42 Å². The minimum Gasteiger partial charge on any atom is -0.454 e. The Morgan fingerprint density at radius 3 is 3.05 bits per heavy atom. The van der Waals surface area contributed by atoms with E-state index >= 15 is 0 Å². The van der Waals surface area contributed by atoms with Gasteiger partial charge < -0.3 is 19.7 Å². The third-order valence-corrected chi connectivity index (χ3v) is 4.40. The summed E-state index contributed by atoms with van der Waals surface area (Å²) in [5, 5.41) is 3.45. The van der Waals surface area contributed by atoms with Crippen LogP contribution in [0.2, 0.25) is 0 Å². The molecule has 0 saturated carbocycles. The summed E-state index contributed by atoms with van der Waals surface area (Å²) in [7, 11) is 0. The van der Waals surface area contributed by atoms with Gasteiger partial charge in [0.25, 0.3) is 0 Å². The van der Waals surface area contributed by atoms with E-state index in [1.807, 2.05) is 17.0 Å². The van der Waals surface area contributed by atoms with Crippen LogP contribution in [0.4, 0.5) is 0 Å². The highest BCUT2D eigenvalue weighted by molar-refractivity contribution is 9.10. The maximum Gasteiger partial charge on any atom is 0.231 e. The Hall–Kier alpha value is -1.27. The number of ether oxygens (including phenoxy) is 2. The minimum atomic E-state index is 0.260. The minimum absolute atomic E-state index is 0.260. The number of halogens is 1. The van der Waals surface area contributed by atoms with E-state index in [1.165, 1.54) is 0 Å². The molecule has 1 unspecified atom stereocenters. The summed E-state index contributed by atoms with van der Waals surface area (Å²) < 4.78 is 11.7. The SMILES string of the molecule is CC(CN1CCCC1=O)NCc1cc(Br)c2c(c1)OCO2. The average molecular weight is 355 g/mol. The van der Waals surface area contributed by atoms with Crippen molar-refractivity contribution < 1.29 is 14.3 Å². The van der Waals surface area contributed by atoms with Crippen LogP contribution in [0.15, 0.2) is 16.6 Å². The van der Waals surface area contributed by atoms with Gasteiger partial charge in [-0.1, -0.05) is 0 Å². The number of rotatable bonds is 5. The topological polar surface area (TPSA) is 50.8 Å². The normalized spacial score (nSPS) is 18.4. The van der Waals surface area contributed by atoms with E-state index in [1.54, 1.807) is 0 Å². The predicted octanol–water partition coefficient (Wildman–Crippen LogP) is 2.28. The number of benzene rings is 1. The van der Waals surface area contributed by atoms with Crippen molar-refractivity contribution in [1.29, 1.82) is 0 Å². The molecule has 1 amide bonds. The zero-order valence-electron chi connectivity index (χ0n) is 12.0. The summed E-state index contributed by atoms with van der Waals surface area (Å²) in [6.07, 6.45) is 1.68. The summed E-state index contributed by atoms with van der Waals surface area (Å²) in [5.41, 5.74) is 1.13. The highest BCUT2D eigenvalue weighted by Gasteiger charge is 2.22. The van der Waals surface area contributed by atoms with Crippen LogP contribution in [0.25, 0.3) is 0 Å². The summed E-state index contributed by atoms with van der Waals surface area (Å²) in [4.78, 5) is 13.6. The van der Waals surface area contributed by atoms with Gasteiger partial charge in [-0.15, -0.1) is 0 Å². The second-order valence-electron chi connectivity index (χ2n) is 5.54. The number of carbonyl (C=O) groups is 1. The number of amides is 1. The van der Waals surface area contributed by atoms with Gasteiger partial charge in [-0.2, -0.15) is 0 Å². The number of nitrogens with zero attached hydrogens (tertiary/aromatic N) is 1. The van der Waals surface area contributed by atoms with Gasteiger partial charge in [0.2, 0.25) is 12.7 Å². The van der Waals surface area contributed by atoms with Gasteiger partial charge in [-0.25, -0.2) is 0 Å². The van der Waals surface area contributed by atoms with Gasteiger partial charge in [0.1, 0.15) is 0 Å². The van der Waals surface area contributed by atoms with Crippen LogP contribution in [-0.2, 0) is 11.3 Å². The van der Waals surface area contributed by atoms with E-state index in [4.69, 9.17) is 9.47 Å². The number of nitrogens with one attached hydrogen (secondary N) is 1. The van der Waals surface area contributed by atoms with Crippen molar-refractivity contribution in [1.82, 2.24) is 10.2 Å². The summed E-state index contributed by atoms with van der Waals surface area (Å²) in [5.74, 6) is 1.83. The molecule has 1 fully saturated rings. The molecule has 2 aliphatic rings. The van der Waals surface area contributed by atoms with Gasteiger partial charge >= 0.3 is 0 Å². The third-order valence-electron chi connectivity index (χ3n) is 3.81. The molecule has 21 heavy (non-hydrogen) atoms.